The zero-order chi connectivity index (χ0) is 24.2. The quantitative estimate of drug-likeness (QED) is 0.266. The molecule has 9 heteroatoms. The summed E-state index contributed by atoms with van der Waals surface area (Å²) in [5.74, 6) is 0.665. The lowest BCUT2D eigenvalue weighted by atomic mass is 10.1. The molecule has 2 amide bonds. The van der Waals surface area contributed by atoms with E-state index in [2.05, 4.69) is 15.9 Å². The normalized spacial score (nSPS) is 14.7. The molecule has 0 aromatic heterocycles. The fraction of sp³-hybridized carbons (Fsp3) is 0.120. The monoisotopic (exact) mass is 577 g/mol. The van der Waals surface area contributed by atoms with Gasteiger partial charge in [-0.05, 0) is 78.4 Å². The molecule has 0 aliphatic carbocycles. The van der Waals surface area contributed by atoms with E-state index >= 15 is 0 Å². The zero-order valence-corrected chi connectivity index (χ0v) is 21.8. The second kappa shape index (κ2) is 10.9. The highest BCUT2D eigenvalue weighted by Crippen LogP contribution is 2.40. The fourth-order valence-corrected chi connectivity index (χ4v) is 4.81. The van der Waals surface area contributed by atoms with Gasteiger partial charge in [0.2, 0.25) is 0 Å². The van der Waals surface area contributed by atoms with Gasteiger partial charge in [0.1, 0.15) is 6.61 Å². The number of hydrogen-bond acceptors (Lipinski definition) is 5. The number of halogens is 3. The molecule has 0 spiro atoms. The fourth-order valence-electron chi connectivity index (χ4n) is 3.23. The highest BCUT2D eigenvalue weighted by atomic mass is 79.9. The first-order valence-electron chi connectivity index (χ1n) is 10.2. The van der Waals surface area contributed by atoms with Gasteiger partial charge in [0.05, 0.1) is 17.2 Å². The molecule has 4 rings (SSSR count). The molecule has 0 N–H and O–H groups in total. The van der Waals surface area contributed by atoms with Gasteiger partial charge in [-0.2, -0.15) is 0 Å². The van der Waals surface area contributed by atoms with E-state index in [-0.39, 0.29) is 5.24 Å². The van der Waals surface area contributed by atoms with Gasteiger partial charge in [0.25, 0.3) is 11.1 Å². The van der Waals surface area contributed by atoms with Crippen LogP contribution in [-0.4, -0.2) is 17.8 Å². The SMILES string of the molecule is CCOc1cc(/C=C2/SC(=O)N(c3cccc(Cl)c3)C2=O)c(Br)cc1OCc1ccc(Cl)cc1. The summed E-state index contributed by atoms with van der Waals surface area (Å²) in [6, 6.07) is 17.6. The van der Waals surface area contributed by atoms with Crippen LogP contribution >= 0.6 is 50.9 Å². The molecule has 0 saturated carbocycles. The van der Waals surface area contributed by atoms with Crippen molar-refractivity contribution in [3.8, 4) is 11.5 Å². The molecule has 1 aliphatic rings. The van der Waals surface area contributed by atoms with E-state index in [1.807, 2.05) is 19.1 Å². The number of nitrogens with zero attached hydrogens (tertiary/aromatic N) is 1. The number of carbonyl (C=O) groups is 2. The lowest BCUT2D eigenvalue weighted by Gasteiger charge is -2.14. The van der Waals surface area contributed by atoms with E-state index in [4.69, 9.17) is 32.7 Å². The topological polar surface area (TPSA) is 55.8 Å². The second-order valence-corrected chi connectivity index (χ2v) is 9.89. The molecule has 3 aromatic rings. The Kier molecular flexibility index (Phi) is 7.88. The summed E-state index contributed by atoms with van der Waals surface area (Å²) >= 11 is 16.4. The van der Waals surface area contributed by atoms with Crippen molar-refractivity contribution in [2.24, 2.45) is 0 Å². The Hall–Kier alpha value is -2.45. The zero-order valence-electron chi connectivity index (χ0n) is 17.9. The third-order valence-electron chi connectivity index (χ3n) is 4.82. The average molecular weight is 579 g/mol. The summed E-state index contributed by atoms with van der Waals surface area (Å²) in [7, 11) is 0. The average Bonchev–Trinajstić information content (AvgIpc) is 3.08. The molecule has 5 nitrogen and oxygen atoms in total. The third kappa shape index (κ3) is 5.61. The van der Waals surface area contributed by atoms with E-state index in [0.29, 0.717) is 55.4 Å². The number of rotatable bonds is 7. The van der Waals surface area contributed by atoms with Gasteiger partial charge >= 0.3 is 0 Å². The Morgan fingerprint density at radius 1 is 0.971 bits per heavy atom. The minimum atomic E-state index is -0.412. The van der Waals surface area contributed by atoms with Gasteiger partial charge in [-0.15, -0.1) is 0 Å². The molecule has 1 fully saturated rings. The van der Waals surface area contributed by atoms with E-state index in [9.17, 15) is 9.59 Å². The number of anilines is 1. The first-order valence-corrected chi connectivity index (χ1v) is 12.6. The van der Waals surface area contributed by atoms with Crippen LogP contribution in [0.1, 0.15) is 18.1 Å². The van der Waals surface area contributed by atoms with Crippen molar-refractivity contribution in [2.45, 2.75) is 13.5 Å². The van der Waals surface area contributed by atoms with Gasteiger partial charge in [0.15, 0.2) is 11.5 Å². The first kappa shape index (κ1) is 24.7. The molecular formula is C25H18BrCl2NO4S. The Balaban J connectivity index is 1.60. The van der Waals surface area contributed by atoms with Crippen molar-refractivity contribution < 1.29 is 19.1 Å². The van der Waals surface area contributed by atoms with Crippen LogP contribution < -0.4 is 14.4 Å². The Bertz CT molecular complexity index is 1280. The second-order valence-electron chi connectivity index (χ2n) is 7.17. The van der Waals surface area contributed by atoms with E-state index in [0.717, 1.165) is 22.2 Å². The predicted molar refractivity (Wildman–Crippen MR) is 141 cm³/mol. The Labute approximate surface area is 219 Å². The smallest absolute Gasteiger partial charge is 0.298 e. The van der Waals surface area contributed by atoms with Gasteiger partial charge < -0.3 is 9.47 Å². The van der Waals surface area contributed by atoms with Gasteiger partial charge in [0, 0.05) is 14.5 Å². The minimum Gasteiger partial charge on any atom is -0.490 e. The van der Waals surface area contributed by atoms with Crippen LogP contribution in [0, 0.1) is 0 Å². The van der Waals surface area contributed by atoms with Crippen molar-refractivity contribution in [1.82, 2.24) is 0 Å². The summed E-state index contributed by atoms with van der Waals surface area (Å²) in [6.07, 6.45) is 1.66. The minimum absolute atomic E-state index is 0.294. The number of ether oxygens (including phenoxy) is 2. The summed E-state index contributed by atoms with van der Waals surface area (Å²) < 4.78 is 12.4. The maximum Gasteiger partial charge on any atom is 0.298 e. The predicted octanol–water partition coefficient (Wildman–Crippen LogP) is 7.97. The van der Waals surface area contributed by atoms with Crippen molar-refractivity contribution in [1.29, 1.82) is 0 Å². The summed E-state index contributed by atoms with van der Waals surface area (Å²) in [6.45, 7) is 2.65. The molecule has 0 radical (unpaired) electrons. The molecule has 0 bridgehead atoms. The molecule has 1 saturated heterocycles. The van der Waals surface area contributed by atoms with Crippen LogP contribution in [0.5, 0.6) is 11.5 Å². The van der Waals surface area contributed by atoms with E-state index < -0.39 is 5.91 Å². The van der Waals surface area contributed by atoms with Crippen LogP contribution in [0.25, 0.3) is 6.08 Å². The maximum absolute atomic E-state index is 13.0. The molecule has 174 valence electrons. The van der Waals surface area contributed by atoms with Crippen LogP contribution in [0.3, 0.4) is 0 Å². The first-order chi connectivity index (χ1) is 16.4. The van der Waals surface area contributed by atoms with Crippen molar-refractivity contribution in [3.05, 3.63) is 91.2 Å². The Morgan fingerprint density at radius 3 is 2.41 bits per heavy atom. The van der Waals surface area contributed by atoms with Crippen LogP contribution in [-0.2, 0) is 11.4 Å². The molecule has 0 atom stereocenters. The highest BCUT2D eigenvalue weighted by Gasteiger charge is 2.36. The number of amides is 2. The van der Waals surface area contributed by atoms with E-state index in [1.165, 1.54) is 0 Å². The standard InChI is InChI=1S/C25H18BrCl2NO4S/c1-2-32-21-10-16(20(26)13-22(21)33-14-15-6-8-17(27)9-7-15)11-23-24(30)29(25(31)34-23)19-5-3-4-18(28)12-19/h3-13H,2,14H2,1H3/b23-11+. The molecule has 0 unspecified atom stereocenters. The largest absolute Gasteiger partial charge is 0.490 e. The van der Waals surface area contributed by atoms with Gasteiger partial charge in [-0.1, -0.05) is 57.3 Å². The third-order valence-corrected chi connectivity index (χ3v) is 6.86. The summed E-state index contributed by atoms with van der Waals surface area (Å²) in [5.41, 5.74) is 2.07. The van der Waals surface area contributed by atoms with Crippen molar-refractivity contribution in [2.75, 3.05) is 11.5 Å². The van der Waals surface area contributed by atoms with Crippen molar-refractivity contribution >= 4 is 73.8 Å². The molecule has 1 heterocycles. The molecule has 3 aromatic carbocycles. The lowest BCUT2D eigenvalue weighted by molar-refractivity contribution is -0.113. The number of hydrogen-bond donors (Lipinski definition) is 0. The van der Waals surface area contributed by atoms with Gasteiger partial charge in [-0.3, -0.25) is 9.59 Å². The molecule has 1 aliphatic heterocycles. The number of imide groups is 1. The van der Waals surface area contributed by atoms with Gasteiger partial charge in [-0.25, -0.2) is 4.90 Å². The lowest BCUT2D eigenvalue weighted by Crippen LogP contribution is -2.27. The Morgan fingerprint density at radius 2 is 1.71 bits per heavy atom. The summed E-state index contributed by atoms with van der Waals surface area (Å²) in [4.78, 5) is 27.0. The van der Waals surface area contributed by atoms with E-state index in [1.54, 1.807) is 54.6 Å². The number of benzene rings is 3. The number of carbonyl (C=O) groups excluding carboxylic acids is 2. The molecular weight excluding hydrogens is 561 g/mol. The van der Waals surface area contributed by atoms with Crippen LogP contribution in [0.15, 0.2) is 70.0 Å². The van der Waals surface area contributed by atoms with Crippen molar-refractivity contribution in [3.63, 3.8) is 0 Å². The highest BCUT2D eigenvalue weighted by molar-refractivity contribution is 9.10. The summed E-state index contributed by atoms with van der Waals surface area (Å²) in [5, 5.41) is 0.715. The van der Waals surface area contributed by atoms with Crippen LogP contribution in [0.4, 0.5) is 10.5 Å². The molecule has 34 heavy (non-hydrogen) atoms. The number of thioether (sulfide) groups is 1. The van der Waals surface area contributed by atoms with Crippen LogP contribution in [0.2, 0.25) is 10.0 Å². The maximum atomic E-state index is 13.0.